The second-order valence-electron chi connectivity index (χ2n) is 9.78. The number of aromatic nitrogens is 6. The van der Waals surface area contributed by atoms with Gasteiger partial charge in [0.05, 0.1) is 23.1 Å². The fourth-order valence-corrected chi connectivity index (χ4v) is 5.22. The zero-order valence-electron chi connectivity index (χ0n) is 21.2. The largest absolute Gasteiger partial charge is 0.491 e. The van der Waals surface area contributed by atoms with E-state index in [1.54, 1.807) is 30.7 Å². The molecule has 39 heavy (non-hydrogen) atoms. The van der Waals surface area contributed by atoms with Crippen LogP contribution in [-0.4, -0.2) is 61.3 Å². The summed E-state index contributed by atoms with van der Waals surface area (Å²) >= 11 is 0. The quantitative estimate of drug-likeness (QED) is 0.275. The minimum atomic E-state index is -0.266. The van der Waals surface area contributed by atoms with Gasteiger partial charge in [0, 0.05) is 29.9 Å². The molecule has 1 fully saturated rings. The van der Waals surface area contributed by atoms with E-state index in [0.29, 0.717) is 12.3 Å². The summed E-state index contributed by atoms with van der Waals surface area (Å²) in [6.45, 7) is 3.87. The van der Waals surface area contributed by atoms with Gasteiger partial charge in [-0.2, -0.15) is 5.10 Å². The summed E-state index contributed by atoms with van der Waals surface area (Å²) < 4.78 is 19.5. The predicted molar refractivity (Wildman–Crippen MR) is 149 cm³/mol. The number of H-pyrrole nitrogens is 2. The van der Waals surface area contributed by atoms with Crippen molar-refractivity contribution in [2.75, 3.05) is 26.2 Å². The number of hydrogen-bond acceptors (Lipinski definition) is 6. The molecule has 2 N–H and O–H groups in total. The van der Waals surface area contributed by atoms with Crippen molar-refractivity contribution < 1.29 is 9.13 Å². The van der Waals surface area contributed by atoms with Crippen molar-refractivity contribution in [3.63, 3.8) is 0 Å². The van der Waals surface area contributed by atoms with Gasteiger partial charge < -0.3 is 9.72 Å². The van der Waals surface area contributed by atoms with Crippen LogP contribution in [0.3, 0.4) is 0 Å². The topological polar surface area (TPSA) is 95.6 Å². The van der Waals surface area contributed by atoms with Gasteiger partial charge in [-0.15, -0.1) is 0 Å². The van der Waals surface area contributed by atoms with Crippen LogP contribution in [0, 0.1) is 5.82 Å². The van der Waals surface area contributed by atoms with Crippen LogP contribution in [0.5, 0.6) is 5.75 Å². The Labute approximate surface area is 223 Å². The molecule has 1 aliphatic rings. The number of halogens is 1. The number of nitrogens with one attached hydrogen (secondary N) is 2. The minimum absolute atomic E-state index is 0.266. The summed E-state index contributed by atoms with van der Waals surface area (Å²) in [7, 11) is 0. The zero-order chi connectivity index (χ0) is 26.2. The third-order valence-electron chi connectivity index (χ3n) is 7.23. The van der Waals surface area contributed by atoms with E-state index in [1.807, 2.05) is 30.3 Å². The van der Waals surface area contributed by atoms with Gasteiger partial charge in [-0.1, -0.05) is 12.1 Å². The SMILES string of the molecule is Fc1ccc(-c2ccnc3[nH]c(-c4n[nH]c5ccc(-c6cncc(OCCN7CCCC7)c6)nc45)cc23)cc1. The van der Waals surface area contributed by atoms with Crippen molar-refractivity contribution in [3.8, 4) is 39.5 Å². The zero-order valence-corrected chi connectivity index (χ0v) is 21.2. The molecule has 0 aliphatic carbocycles. The van der Waals surface area contributed by atoms with Crippen LogP contribution in [0.4, 0.5) is 4.39 Å². The molecule has 1 aliphatic heterocycles. The lowest BCUT2D eigenvalue weighted by Gasteiger charge is -2.15. The molecule has 7 rings (SSSR count). The molecule has 1 aromatic carbocycles. The highest BCUT2D eigenvalue weighted by Gasteiger charge is 2.16. The van der Waals surface area contributed by atoms with E-state index in [2.05, 4.69) is 30.0 Å². The molecule has 0 unspecified atom stereocenters. The summed E-state index contributed by atoms with van der Waals surface area (Å²) in [6, 6.07) is 16.3. The molecule has 6 heterocycles. The fourth-order valence-electron chi connectivity index (χ4n) is 5.22. The molecule has 1 saturated heterocycles. The Morgan fingerprint density at radius 2 is 1.82 bits per heavy atom. The number of aromatic amines is 2. The number of rotatable bonds is 7. The summed E-state index contributed by atoms with van der Waals surface area (Å²) in [6.07, 6.45) is 7.82. The van der Waals surface area contributed by atoms with Gasteiger partial charge in [-0.05, 0) is 79.5 Å². The van der Waals surface area contributed by atoms with E-state index >= 15 is 0 Å². The van der Waals surface area contributed by atoms with Crippen LogP contribution in [0.2, 0.25) is 0 Å². The van der Waals surface area contributed by atoms with Crippen LogP contribution in [0.1, 0.15) is 12.8 Å². The molecule has 0 spiro atoms. The Hall–Kier alpha value is -4.63. The van der Waals surface area contributed by atoms with Crippen molar-refractivity contribution in [2.45, 2.75) is 12.8 Å². The first-order valence-corrected chi connectivity index (χ1v) is 13.1. The number of fused-ring (bicyclic) bond motifs is 2. The smallest absolute Gasteiger partial charge is 0.138 e. The highest BCUT2D eigenvalue weighted by atomic mass is 19.1. The Morgan fingerprint density at radius 1 is 0.949 bits per heavy atom. The molecule has 0 amide bonds. The van der Waals surface area contributed by atoms with Crippen LogP contribution < -0.4 is 4.74 Å². The maximum Gasteiger partial charge on any atom is 0.138 e. The summed E-state index contributed by atoms with van der Waals surface area (Å²) in [4.78, 5) is 19.7. The summed E-state index contributed by atoms with van der Waals surface area (Å²) in [5.41, 5.74) is 7.31. The predicted octanol–water partition coefficient (Wildman–Crippen LogP) is 5.84. The summed E-state index contributed by atoms with van der Waals surface area (Å²) in [5.74, 6) is 0.467. The van der Waals surface area contributed by atoms with Crippen molar-refractivity contribution in [1.29, 1.82) is 0 Å². The van der Waals surface area contributed by atoms with Crippen LogP contribution in [0.25, 0.3) is 55.8 Å². The molecule has 0 atom stereocenters. The van der Waals surface area contributed by atoms with Crippen molar-refractivity contribution >= 4 is 22.1 Å². The van der Waals surface area contributed by atoms with Gasteiger partial charge in [0.2, 0.25) is 0 Å². The molecule has 0 bridgehead atoms. The number of pyridine rings is 3. The molecule has 6 aromatic rings. The van der Waals surface area contributed by atoms with Gasteiger partial charge in [-0.3, -0.25) is 15.0 Å². The normalized spacial score (nSPS) is 14.0. The lowest BCUT2D eigenvalue weighted by Crippen LogP contribution is -2.25. The first-order chi connectivity index (χ1) is 19.2. The van der Waals surface area contributed by atoms with Crippen molar-refractivity contribution in [2.24, 2.45) is 0 Å². The summed E-state index contributed by atoms with van der Waals surface area (Å²) in [5, 5.41) is 8.58. The average Bonchev–Trinajstić information content (AvgIpc) is 3.73. The molecule has 0 saturated carbocycles. The van der Waals surface area contributed by atoms with Gasteiger partial charge in [0.15, 0.2) is 0 Å². The second-order valence-corrected chi connectivity index (χ2v) is 9.78. The number of ether oxygens (including phenoxy) is 1. The lowest BCUT2D eigenvalue weighted by atomic mass is 10.0. The fraction of sp³-hybridized carbons (Fsp3) is 0.200. The van der Waals surface area contributed by atoms with E-state index in [0.717, 1.165) is 75.5 Å². The van der Waals surface area contributed by atoms with Crippen LogP contribution in [-0.2, 0) is 0 Å². The minimum Gasteiger partial charge on any atom is -0.491 e. The Morgan fingerprint density at radius 3 is 2.69 bits per heavy atom. The highest BCUT2D eigenvalue weighted by Crippen LogP contribution is 2.33. The van der Waals surface area contributed by atoms with Gasteiger partial charge in [0.25, 0.3) is 0 Å². The molecule has 8 nitrogen and oxygen atoms in total. The third kappa shape index (κ3) is 4.61. The third-order valence-corrected chi connectivity index (χ3v) is 7.23. The monoisotopic (exact) mass is 519 g/mol. The van der Waals surface area contributed by atoms with E-state index in [9.17, 15) is 4.39 Å². The Balaban J connectivity index is 1.20. The molecule has 9 heteroatoms. The maximum atomic E-state index is 13.5. The van der Waals surface area contributed by atoms with E-state index < -0.39 is 0 Å². The number of benzene rings is 1. The first kappa shape index (κ1) is 23.5. The number of nitrogens with zero attached hydrogens (tertiary/aromatic N) is 5. The van der Waals surface area contributed by atoms with Crippen molar-refractivity contribution in [1.82, 2.24) is 35.0 Å². The van der Waals surface area contributed by atoms with Crippen LogP contribution in [0.15, 0.2) is 73.2 Å². The Bertz CT molecular complexity index is 1770. The Kier molecular flexibility index (Phi) is 5.97. The number of hydrogen-bond donors (Lipinski definition) is 2. The van der Waals surface area contributed by atoms with Crippen molar-refractivity contribution in [3.05, 3.63) is 79.0 Å². The van der Waals surface area contributed by atoms with E-state index in [4.69, 9.17) is 9.72 Å². The highest BCUT2D eigenvalue weighted by molar-refractivity contribution is 5.99. The van der Waals surface area contributed by atoms with E-state index in [-0.39, 0.29) is 5.82 Å². The molecular formula is C30H26FN7O. The first-order valence-electron chi connectivity index (χ1n) is 13.1. The molecule has 194 valence electrons. The lowest BCUT2D eigenvalue weighted by molar-refractivity contribution is 0.237. The van der Waals surface area contributed by atoms with Gasteiger partial charge in [-0.25, -0.2) is 14.4 Å². The van der Waals surface area contributed by atoms with E-state index in [1.165, 1.54) is 25.0 Å². The van der Waals surface area contributed by atoms with Gasteiger partial charge in [0.1, 0.15) is 35.0 Å². The molecule has 5 aromatic heterocycles. The molecular weight excluding hydrogens is 493 g/mol. The molecule has 0 radical (unpaired) electrons. The standard InChI is InChI=1S/C30H26FN7O/c31-21-5-3-19(4-6-21)23-9-10-33-30-24(23)16-27(35-30)29-28-26(36-37-29)8-7-25(34-28)20-15-22(18-32-17-20)39-14-13-38-11-1-2-12-38/h3-10,15-18H,1-2,11-14H2,(H,33,35)(H,36,37). The average molecular weight is 520 g/mol. The van der Waals surface area contributed by atoms with Gasteiger partial charge >= 0.3 is 0 Å². The van der Waals surface area contributed by atoms with Crippen LogP contribution >= 0.6 is 0 Å². The maximum absolute atomic E-state index is 13.5. The second kappa shape index (κ2) is 9.92. The number of likely N-dealkylation sites (tertiary alicyclic amines) is 1.